The van der Waals surface area contributed by atoms with E-state index < -0.39 is 0 Å². The average molecular weight is 333 g/mol. The standard InChI is InChI=1S/C17H23N3O4/c1-11(2)18-16(21)19-7-6-13-10-24-17(22)20(13)15-5-4-14(23-3)8-12(15)9-19/h4-5,8,11,13H,6-7,9-10H2,1-3H3,(H,18,21)/t13-/m0/s1. The Morgan fingerprint density at radius 3 is 2.92 bits per heavy atom. The minimum absolute atomic E-state index is 0.0562. The number of fused-ring (bicyclic) bond motifs is 3. The highest BCUT2D eigenvalue weighted by Crippen LogP contribution is 2.33. The van der Waals surface area contributed by atoms with Crippen molar-refractivity contribution in [3.63, 3.8) is 0 Å². The number of carbonyl (C=O) groups excluding carboxylic acids is 2. The lowest BCUT2D eigenvalue weighted by Gasteiger charge is -2.33. The van der Waals surface area contributed by atoms with Gasteiger partial charge in [-0.3, -0.25) is 4.90 Å². The van der Waals surface area contributed by atoms with Crippen molar-refractivity contribution in [1.82, 2.24) is 10.2 Å². The van der Waals surface area contributed by atoms with Gasteiger partial charge in [0.05, 0.1) is 18.8 Å². The molecular formula is C17H23N3O4. The second kappa shape index (κ2) is 6.59. The van der Waals surface area contributed by atoms with Gasteiger partial charge in [0.1, 0.15) is 12.4 Å². The van der Waals surface area contributed by atoms with E-state index in [4.69, 9.17) is 9.47 Å². The topological polar surface area (TPSA) is 71.1 Å². The first kappa shape index (κ1) is 16.4. The van der Waals surface area contributed by atoms with Crippen LogP contribution in [0.1, 0.15) is 25.8 Å². The Morgan fingerprint density at radius 1 is 1.42 bits per heavy atom. The molecule has 0 bridgehead atoms. The van der Waals surface area contributed by atoms with E-state index in [0.717, 1.165) is 11.3 Å². The highest BCUT2D eigenvalue weighted by molar-refractivity contribution is 5.91. The Hall–Kier alpha value is -2.44. The van der Waals surface area contributed by atoms with Crippen LogP contribution in [0.25, 0.3) is 0 Å². The number of carbonyl (C=O) groups is 2. The number of rotatable bonds is 2. The molecule has 1 saturated heterocycles. The van der Waals surface area contributed by atoms with Gasteiger partial charge in [-0.15, -0.1) is 0 Å². The maximum atomic E-state index is 12.5. The molecule has 24 heavy (non-hydrogen) atoms. The summed E-state index contributed by atoms with van der Waals surface area (Å²) in [5.41, 5.74) is 1.65. The van der Waals surface area contributed by atoms with E-state index in [0.29, 0.717) is 31.9 Å². The van der Waals surface area contributed by atoms with Crippen molar-refractivity contribution >= 4 is 17.8 Å². The molecule has 2 aliphatic heterocycles. The molecule has 1 aromatic rings. The van der Waals surface area contributed by atoms with Crippen molar-refractivity contribution < 1.29 is 19.1 Å². The summed E-state index contributed by atoms with van der Waals surface area (Å²) < 4.78 is 10.5. The summed E-state index contributed by atoms with van der Waals surface area (Å²) in [6, 6.07) is 5.47. The number of hydrogen-bond acceptors (Lipinski definition) is 4. The molecule has 0 radical (unpaired) electrons. The van der Waals surface area contributed by atoms with Crippen LogP contribution in [-0.2, 0) is 11.3 Å². The predicted molar refractivity (Wildman–Crippen MR) is 89.3 cm³/mol. The first-order valence-corrected chi connectivity index (χ1v) is 8.18. The van der Waals surface area contributed by atoms with Crippen molar-refractivity contribution in [3.8, 4) is 5.75 Å². The van der Waals surface area contributed by atoms with E-state index in [1.165, 1.54) is 0 Å². The summed E-state index contributed by atoms with van der Waals surface area (Å²) in [6.45, 7) is 5.20. The Labute approximate surface area is 141 Å². The molecule has 3 amide bonds. The SMILES string of the molecule is COc1ccc2c(c1)CN(C(=O)NC(C)C)CC[C@H]1COC(=O)N21. The Kier molecular flexibility index (Phi) is 4.51. The molecule has 1 fully saturated rings. The van der Waals surface area contributed by atoms with E-state index in [1.807, 2.05) is 32.0 Å². The van der Waals surface area contributed by atoms with Crippen LogP contribution in [0.15, 0.2) is 18.2 Å². The van der Waals surface area contributed by atoms with Crippen LogP contribution in [-0.4, -0.2) is 49.4 Å². The number of amides is 3. The number of hydrogen-bond donors (Lipinski definition) is 1. The van der Waals surface area contributed by atoms with Crippen molar-refractivity contribution in [3.05, 3.63) is 23.8 Å². The average Bonchev–Trinajstić information content (AvgIpc) is 2.88. The lowest BCUT2D eigenvalue weighted by atomic mass is 10.1. The Bertz CT molecular complexity index is 647. The van der Waals surface area contributed by atoms with Gasteiger partial charge in [0, 0.05) is 19.1 Å². The van der Waals surface area contributed by atoms with Crippen molar-refractivity contribution in [2.75, 3.05) is 25.2 Å². The summed E-state index contributed by atoms with van der Waals surface area (Å²) in [4.78, 5) is 28.1. The fraction of sp³-hybridized carbons (Fsp3) is 0.529. The Balaban J connectivity index is 1.96. The molecule has 1 atom stereocenters. The van der Waals surface area contributed by atoms with E-state index in [1.54, 1.807) is 16.9 Å². The van der Waals surface area contributed by atoms with Crippen LogP contribution < -0.4 is 15.0 Å². The summed E-state index contributed by atoms with van der Waals surface area (Å²) in [7, 11) is 1.60. The predicted octanol–water partition coefficient (Wildman–Crippen LogP) is 2.34. The summed E-state index contributed by atoms with van der Waals surface area (Å²) in [6.07, 6.45) is 0.356. The van der Waals surface area contributed by atoms with Crippen LogP contribution in [0.3, 0.4) is 0 Å². The van der Waals surface area contributed by atoms with Gasteiger partial charge in [0.2, 0.25) is 0 Å². The largest absolute Gasteiger partial charge is 0.497 e. The summed E-state index contributed by atoms with van der Waals surface area (Å²) >= 11 is 0. The smallest absolute Gasteiger partial charge is 0.414 e. The first-order valence-electron chi connectivity index (χ1n) is 8.18. The van der Waals surface area contributed by atoms with Gasteiger partial charge in [-0.1, -0.05) is 0 Å². The number of methoxy groups -OCH3 is 1. The number of ether oxygens (including phenoxy) is 2. The molecule has 7 nitrogen and oxygen atoms in total. The van der Waals surface area contributed by atoms with Crippen LogP contribution in [0.5, 0.6) is 5.75 Å². The normalized spacial score (nSPS) is 20.0. The minimum Gasteiger partial charge on any atom is -0.497 e. The highest BCUT2D eigenvalue weighted by Gasteiger charge is 2.37. The van der Waals surface area contributed by atoms with Crippen LogP contribution in [0.2, 0.25) is 0 Å². The third-order valence-electron chi connectivity index (χ3n) is 4.30. The van der Waals surface area contributed by atoms with E-state index in [2.05, 4.69) is 5.32 Å². The quantitative estimate of drug-likeness (QED) is 0.902. The number of nitrogens with one attached hydrogen (secondary N) is 1. The van der Waals surface area contributed by atoms with E-state index in [9.17, 15) is 9.59 Å². The van der Waals surface area contributed by atoms with E-state index >= 15 is 0 Å². The summed E-state index contributed by atoms with van der Waals surface area (Å²) in [5.74, 6) is 0.697. The lowest BCUT2D eigenvalue weighted by Crippen LogP contribution is -2.46. The zero-order valence-electron chi connectivity index (χ0n) is 14.2. The molecule has 7 heteroatoms. The molecule has 1 aromatic carbocycles. The second-order valence-corrected chi connectivity index (χ2v) is 6.41. The van der Waals surface area contributed by atoms with E-state index in [-0.39, 0.29) is 24.2 Å². The Morgan fingerprint density at radius 2 is 2.21 bits per heavy atom. The number of nitrogens with zero attached hydrogens (tertiary/aromatic N) is 2. The summed E-state index contributed by atoms with van der Waals surface area (Å²) in [5, 5.41) is 2.93. The number of urea groups is 1. The molecule has 0 spiro atoms. The fourth-order valence-corrected chi connectivity index (χ4v) is 3.12. The number of cyclic esters (lactones) is 1. The third-order valence-corrected chi connectivity index (χ3v) is 4.30. The fourth-order valence-electron chi connectivity index (χ4n) is 3.12. The zero-order chi connectivity index (χ0) is 17.3. The van der Waals surface area contributed by atoms with Gasteiger partial charge < -0.3 is 19.7 Å². The van der Waals surface area contributed by atoms with Crippen LogP contribution in [0, 0.1) is 0 Å². The van der Waals surface area contributed by atoms with Gasteiger partial charge in [-0.05, 0) is 44.0 Å². The van der Waals surface area contributed by atoms with Crippen LogP contribution >= 0.6 is 0 Å². The molecule has 1 N–H and O–H groups in total. The highest BCUT2D eigenvalue weighted by atomic mass is 16.6. The lowest BCUT2D eigenvalue weighted by molar-refractivity contribution is 0.176. The molecular weight excluding hydrogens is 310 g/mol. The van der Waals surface area contributed by atoms with Crippen molar-refractivity contribution in [2.24, 2.45) is 0 Å². The molecule has 0 aliphatic carbocycles. The maximum Gasteiger partial charge on any atom is 0.414 e. The van der Waals surface area contributed by atoms with Gasteiger partial charge in [-0.25, -0.2) is 9.59 Å². The number of anilines is 1. The van der Waals surface area contributed by atoms with Gasteiger partial charge in [0.25, 0.3) is 0 Å². The molecule has 0 saturated carbocycles. The molecule has 0 unspecified atom stereocenters. The number of benzene rings is 1. The van der Waals surface area contributed by atoms with Crippen molar-refractivity contribution in [1.29, 1.82) is 0 Å². The molecule has 2 aliphatic rings. The monoisotopic (exact) mass is 333 g/mol. The molecule has 130 valence electrons. The van der Waals surface area contributed by atoms with Gasteiger partial charge in [0.15, 0.2) is 0 Å². The second-order valence-electron chi connectivity index (χ2n) is 6.41. The molecule has 3 rings (SSSR count). The van der Waals surface area contributed by atoms with Gasteiger partial charge in [-0.2, -0.15) is 0 Å². The van der Waals surface area contributed by atoms with Crippen LogP contribution in [0.4, 0.5) is 15.3 Å². The van der Waals surface area contributed by atoms with Crippen molar-refractivity contribution in [2.45, 2.75) is 38.9 Å². The van der Waals surface area contributed by atoms with Gasteiger partial charge >= 0.3 is 12.1 Å². The zero-order valence-corrected chi connectivity index (χ0v) is 14.2. The molecule has 0 aromatic heterocycles. The minimum atomic E-state index is -0.327. The third kappa shape index (κ3) is 3.11. The first-order chi connectivity index (χ1) is 11.5. The molecule has 2 heterocycles. The maximum absolute atomic E-state index is 12.5.